The van der Waals surface area contributed by atoms with Gasteiger partial charge in [-0.3, -0.25) is 4.79 Å². The van der Waals surface area contributed by atoms with Gasteiger partial charge in [0.05, 0.1) is 5.92 Å². The molecule has 4 heteroatoms. The number of nitrogens with one attached hydrogen (secondary N) is 2. The predicted molar refractivity (Wildman–Crippen MR) is 73.7 cm³/mol. The van der Waals surface area contributed by atoms with Crippen LogP contribution in [-0.4, -0.2) is 19.5 Å². The zero-order valence-corrected chi connectivity index (χ0v) is 11.9. The van der Waals surface area contributed by atoms with Crippen molar-refractivity contribution in [3.8, 4) is 0 Å². The van der Waals surface area contributed by atoms with Gasteiger partial charge in [-0.05, 0) is 31.2 Å². The van der Waals surface area contributed by atoms with E-state index in [1.165, 1.54) is 0 Å². The first kappa shape index (κ1) is 14.2. The summed E-state index contributed by atoms with van der Waals surface area (Å²) in [5, 5.41) is 6.00. The number of benzene rings is 1. The van der Waals surface area contributed by atoms with Gasteiger partial charge in [-0.2, -0.15) is 0 Å². The molecule has 0 saturated heterocycles. The molecule has 0 saturated carbocycles. The van der Waals surface area contributed by atoms with E-state index in [0.717, 1.165) is 23.0 Å². The zero-order chi connectivity index (χ0) is 12.7. The number of hydrogen-bond acceptors (Lipinski definition) is 2. The van der Waals surface area contributed by atoms with Crippen LogP contribution in [0.5, 0.6) is 0 Å². The van der Waals surface area contributed by atoms with E-state index >= 15 is 0 Å². The molecule has 0 aliphatic heterocycles. The highest BCUT2D eigenvalue weighted by Gasteiger charge is 2.14. The summed E-state index contributed by atoms with van der Waals surface area (Å²) in [4.78, 5) is 11.9. The Morgan fingerprint density at radius 2 is 2.24 bits per heavy atom. The normalized spacial score (nSPS) is 12.2. The number of hydrogen-bond donors (Lipinski definition) is 2. The van der Waals surface area contributed by atoms with Crippen LogP contribution < -0.4 is 10.6 Å². The summed E-state index contributed by atoms with van der Waals surface area (Å²) in [5.41, 5.74) is 1.10. The minimum Gasteiger partial charge on any atom is -0.352 e. The van der Waals surface area contributed by atoms with Crippen LogP contribution >= 0.6 is 15.9 Å². The summed E-state index contributed by atoms with van der Waals surface area (Å²) in [6, 6.07) is 7.96. The standard InChI is InChI=1S/C13H19BrN2O/c1-3-11(9-15-2)13(17)16-8-10-5-4-6-12(14)7-10/h4-7,11,15H,3,8-9H2,1-2H3,(H,16,17). The molecule has 2 N–H and O–H groups in total. The van der Waals surface area contributed by atoms with Crippen LogP contribution in [0.1, 0.15) is 18.9 Å². The van der Waals surface area contributed by atoms with Crippen molar-refractivity contribution in [2.75, 3.05) is 13.6 Å². The van der Waals surface area contributed by atoms with Crippen LogP contribution in [-0.2, 0) is 11.3 Å². The number of carbonyl (C=O) groups is 1. The molecule has 94 valence electrons. The van der Waals surface area contributed by atoms with E-state index in [9.17, 15) is 4.79 Å². The maximum absolute atomic E-state index is 11.9. The van der Waals surface area contributed by atoms with Crippen molar-refractivity contribution in [2.24, 2.45) is 5.92 Å². The summed E-state index contributed by atoms with van der Waals surface area (Å²) in [7, 11) is 1.87. The second-order valence-electron chi connectivity index (χ2n) is 4.01. The van der Waals surface area contributed by atoms with Gasteiger partial charge in [0.2, 0.25) is 5.91 Å². The lowest BCUT2D eigenvalue weighted by atomic mass is 10.1. The lowest BCUT2D eigenvalue weighted by Crippen LogP contribution is -2.35. The fourth-order valence-electron chi connectivity index (χ4n) is 1.65. The maximum Gasteiger partial charge on any atom is 0.224 e. The average molecular weight is 299 g/mol. The van der Waals surface area contributed by atoms with E-state index in [4.69, 9.17) is 0 Å². The molecule has 1 amide bonds. The molecule has 0 aromatic heterocycles. The van der Waals surface area contributed by atoms with Crippen molar-refractivity contribution in [1.29, 1.82) is 0 Å². The zero-order valence-electron chi connectivity index (χ0n) is 10.3. The molecule has 0 aliphatic rings. The average Bonchev–Trinajstić information content (AvgIpc) is 2.33. The molecule has 0 radical (unpaired) electrons. The first-order valence-corrected chi connectivity index (χ1v) is 6.63. The molecule has 0 spiro atoms. The van der Waals surface area contributed by atoms with Gasteiger partial charge in [0.25, 0.3) is 0 Å². The molecule has 0 heterocycles. The molecule has 1 rings (SSSR count). The molecular formula is C13H19BrN2O. The third-order valence-electron chi connectivity index (χ3n) is 2.67. The molecule has 1 aromatic rings. The van der Waals surface area contributed by atoms with Gasteiger partial charge in [0, 0.05) is 17.6 Å². The molecule has 1 atom stereocenters. The Kier molecular flexibility index (Phi) is 6.22. The smallest absolute Gasteiger partial charge is 0.224 e. The third-order valence-corrected chi connectivity index (χ3v) is 3.16. The van der Waals surface area contributed by atoms with Gasteiger partial charge < -0.3 is 10.6 Å². The van der Waals surface area contributed by atoms with Crippen molar-refractivity contribution in [1.82, 2.24) is 10.6 Å². The largest absolute Gasteiger partial charge is 0.352 e. The second-order valence-corrected chi connectivity index (χ2v) is 4.93. The monoisotopic (exact) mass is 298 g/mol. The quantitative estimate of drug-likeness (QED) is 0.846. The summed E-state index contributed by atoms with van der Waals surface area (Å²) in [6.45, 7) is 3.33. The number of amides is 1. The Labute approximate surface area is 111 Å². The van der Waals surface area contributed by atoms with Crippen molar-refractivity contribution in [2.45, 2.75) is 19.9 Å². The van der Waals surface area contributed by atoms with E-state index in [1.807, 2.05) is 38.2 Å². The highest BCUT2D eigenvalue weighted by Crippen LogP contribution is 2.11. The molecule has 17 heavy (non-hydrogen) atoms. The van der Waals surface area contributed by atoms with Gasteiger partial charge in [-0.15, -0.1) is 0 Å². The Bertz CT molecular complexity index is 368. The van der Waals surface area contributed by atoms with Crippen LogP contribution in [0.2, 0.25) is 0 Å². The minimum atomic E-state index is 0.0483. The van der Waals surface area contributed by atoms with Gasteiger partial charge in [-0.25, -0.2) is 0 Å². The first-order valence-electron chi connectivity index (χ1n) is 5.84. The van der Waals surface area contributed by atoms with Crippen molar-refractivity contribution >= 4 is 21.8 Å². The van der Waals surface area contributed by atoms with Gasteiger partial charge in [-0.1, -0.05) is 35.0 Å². The van der Waals surface area contributed by atoms with Crippen LogP contribution in [0.4, 0.5) is 0 Å². The summed E-state index contributed by atoms with van der Waals surface area (Å²) >= 11 is 3.41. The third kappa shape index (κ3) is 4.88. The summed E-state index contributed by atoms with van der Waals surface area (Å²) < 4.78 is 1.03. The van der Waals surface area contributed by atoms with E-state index in [0.29, 0.717) is 6.54 Å². The molecule has 1 unspecified atom stereocenters. The van der Waals surface area contributed by atoms with Crippen molar-refractivity contribution in [3.05, 3.63) is 34.3 Å². The van der Waals surface area contributed by atoms with Gasteiger partial charge in [0.1, 0.15) is 0 Å². The van der Waals surface area contributed by atoms with E-state index in [1.54, 1.807) is 0 Å². The highest BCUT2D eigenvalue weighted by atomic mass is 79.9. The molecule has 0 fully saturated rings. The second kappa shape index (κ2) is 7.45. The Morgan fingerprint density at radius 3 is 2.82 bits per heavy atom. The minimum absolute atomic E-state index is 0.0483. The van der Waals surface area contributed by atoms with E-state index in [2.05, 4.69) is 26.6 Å². The fraction of sp³-hybridized carbons (Fsp3) is 0.462. The van der Waals surface area contributed by atoms with Crippen LogP contribution in [0.3, 0.4) is 0 Å². The van der Waals surface area contributed by atoms with Gasteiger partial charge >= 0.3 is 0 Å². The lowest BCUT2D eigenvalue weighted by molar-refractivity contribution is -0.125. The van der Waals surface area contributed by atoms with E-state index in [-0.39, 0.29) is 11.8 Å². The summed E-state index contributed by atoms with van der Waals surface area (Å²) in [5.74, 6) is 0.161. The van der Waals surface area contributed by atoms with Crippen LogP contribution in [0.25, 0.3) is 0 Å². The van der Waals surface area contributed by atoms with Crippen LogP contribution in [0, 0.1) is 5.92 Å². The Hall–Kier alpha value is -0.870. The lowest BCUT2D eigenvalue weighted by Gasteiger charge is -2.14. The highest BCUT2D eigenvalue weighted by molar-refractivity contribution is 9.10. The number of rotatable bonds is 6. The van der Waals surface area contributed by atoms with E-state index < -0.39 is 0 Å². The molecule has 1 aromatic carbocycles. The molecular weight excluding hydrogens is 280 g/mol. The van der Waals surface area contributed by atoms with Crippen LogP contribution in [0.15, 0.2) is 28.7 Å². The predicted octanol–water partition coefficient (Wildman–Crippen LogP) is 2.31. The molecule has 0 bridgehead atoms. The van der Waals surface area contributed by atoms with Crippen molar-refractivity contribution in [3.63, 3.8) is 0 Å². The SMILES string of the molecule is CCC(CNC)C(=O)NCc1cccc(Br)c1. The number of carbonyl (C=O) groups excluding carboxylic acids is 1. The Balaban J connectivity index is 2.47. The molecule has 0 aliphatic carbocycles. The fourth-order valence-corrected chi connectivity index (χ4v) is 2.10. The maximum atomic E-state index is 11.9. The van der Waals surface area contributed by atoms with Crippen molar-refractivity contribution < 1.29 is 4.79 Å². The number of halogens is 1. The first-order chi connectivity index (χ1) is 8.17. The Morgan fingerprint density at radius 1 is 1.47 bits per heavy atom. The molecule has 3 nitrogen and oxygen atoms in total. The summed E-state index contributed by atoms with van der Waals surface area (Å²) in [6.07, 6.45) is 0.852. The topological polar surface area (TPSA) is 41.1 Å². The van der Waals surface area contributed by atoms with Gasteiger partial charge in [0.15, 0.2) is 0 Å².